The van der Waals surface area contributed by atoms with Crippen LogP contribution in [0.5, 0.6) is 0 Å². The van der Waals surface area contributed by atoms with Crippen molar-refractivity contribution >= 4 is 70.4 Å². The van der Waals surface area contributed by atoms with E-state index in [1.807, 2.05) is 11.3 Å². The second-order valence-corrected chi connectivity index (χ2v) is 17.1. The van der Waals surface area contributed by atoms with Crippen LogP contribution in [-0.4, -0.2) is 4.57 Å². The fourth-order valence-corrected chi connectivity index (χ4v) is 10.8. The Labute approximate surface area is 370 Å². The van der Waals surface area contributed by atoms with E-state index in [0.717, 1.165) is 22.7 Å². The Morgan fingerprint density at radius 3 is 1.65 bits per heavy atom. The second kappa shape index (κ2) is 15.5. The predicted molar refractivity (Wildman–Crippen MR) is 270 cm³/mol. The third-order valence-corrected chi connectivity index (χ3v) is 13.6. The molecule has 2 aromatic heterocycles. The number of hydrogen-bond acceptors (Lipinski definition) is 2. The average molecular weight is 821 g/mol. The van der Waals surface area contributed by atoms with Crippen molar-refractivity contribution in [1.29, 1.82) is 0 Å². The number of para-hydroxylation sites is 2. The van der Waals surface area contributed by atoms with Gasteiger partial charge in [0.1, 0.15) is 0 Å². The summed E-state index contributed by atoms with van der Waals surface area (Å²) in [7, 11) is 0. The van der Waals surface area contributed by atoms with E-state index in [4.69, 9.17) is 0 Å². The molecule has 63 heavy (non-hydrogen) atoms. The highest BCUT2D eigenvalue weighted by molar-refractivity contribution is 7.25. The molecule has 0 spiro atoms. The predicted octanol–water partition coefficient (Wildman–Crippen LogP) is 17.3. The van der Waals surface area contributed by atoms with Crippen LogP contribution in [0.1, 0.15) is 0 Å². The summed E-state index contributed by atoms with van der Waals surface area (Å²) in [6, 6.07) is 88.4. The van der Waals surface area contributed by atoms with Gasteiger partial charge in [0, 0.05) is 53.6 Å². The van der Waals surface area contributed by atoms with Gasteiger partial charge in [0.05, 0.1) is 16.7 Å². The van der Waals surface area contributed by atoms with Gasteiger partial charge in [0.15, 0.2) is 0 Å². The average Bonchev–Trinajstić information content (AvgIpc) is 3.91. The van der Waals surface area contributed by atoms with Crippen molar-refractivity contribution in [2.24, 2.45) is 0 Å². The lowest BCUT2D eigenvalue weighted by atomic mass is 9.87. The number of rotatable bonds is 8. The molecule has 10 aromatic carbocycles. The third kappa shape index (κ3) is 6.33. The zero-order chi connectivity index (χ0) is 41.7. The highest BCUT2D eigenvalue weighted by atomic mass is 32.1. The van der Waals surface area contributed by atoms with Crippen LogP contribution >= 0.6 is 11.3 Å². The van der Waals surface area contributed by atoms with E-state index in [-0.39, 0.29) is 0 Å². The van der Waals surface area contributed by atoms with E-state index in [1.165, 1.54) is 86.5 Å². The Bertz CT molecular complexity index is 3600. The minimum atomic E-state index is 1.08. The first-order chi connectivity index (χ1) is 31.3. The SMILES string of the molecule is c1ccc(-c2ccccc2-c2c(-c3ccccc3)cccc2N(c2ccc(-c3cccc4c3c3ccccc3n4-c3ccccc3)cc2)c2ccc3c(c2)sc2ccccc23)cc1. The smallest absolute Gasteiger partial charge is 0.0547 e. The fourth-order valence-electron chi connectivity index (χ4n) is 9.62. The number of aromatic nitrogens is 1. The Morgan fingerprint density at radius 1 is 0.333 bits per heavy atom. The summed E-state index contributed by atoms with van der Waals surface area (Å²) < 4.78 is 4.96. The number of fused-ring (bicyclic) bond motifs is 6. The van der Waals surface area contributed by atoms with Crippen molar-refractivity contribution in [3.63, 3.8) is 0 Å². The molecule has 0 radical (unpaired) electrons. The summed E-state index contributed by atoms with van der Waals surface area (Å²) in [5, 5.41) is 5.08. The number of anilines is 3. The molecule has 0 saturated carbocycles. The standard InChI is InChI=1S/C60H40N2S/c1-4-18-41(19-5-1)47-24-10-11-26-52(47)59-48(42-20-6-2-7-21-42)28-16-31-55(59)61(46-38-39-51-50-25-13-15-33-57(50)63-58(51)40-46)45-36-34-43(35-37-45)49-29-17-32-56-60(49)53-27-12-14-30-54(53)62(56)44-22-8-3-9-23-44/h1-40H. The molecular weight excluding hydrogens is 781 g/mol. The molecule has 12 aromatic rings. The molecule has 0 aliphatic heterocycles. The first-order valence-corrected chi connectivity index (χ1v) is 22.3. The van der Waals surface area contributed by atoms with E-state index in [9.17, 15) is 0 Å². The summed E-state index contributed by atoms with van der Waals surface area (Å²) in [5.74, 6) is 0. The number of nitrogens with zero attached hydrogens (tertiary/aromatic N) is 2. The van der Waals surface area contributed by atoms with Gasteiger partial charge in [-0.05, 0) is 99.6 Å². The van der Waals surface area contributed by atoms with E-state index < -0.39 is 0 Å². The molecule has 0 saturated heterocycles. The molecule has 3 heteroatoms. The van der Waals surface area contributed by atoms with Crippen molar-refractivity contribution < 1.29 is 0 Å². The zero-order valence-electron chi connectivity index (χ0n) is 34.4. The van der Waals surface area contributed by atoms with Crippen LogP contribution in [0.3, 0.4) is 0 Å². The molecule has 0 bridgehead atoms. The molecule has 12 rings (SSSR count). The molecule has 0 N–H and O–H groups in total. The van der Waals surface area contributed by atoms with Gasteiger partial charge >= 0.3 is 0 Å². The Balaban J connectivity index is 1.09. The fraction of sp³-hybridized carbons (Fsp3) is 0. The van der Waals surface area contributed by atoms with E-state index in [1.54, 1.807) is 0 Å². The van der Waals surface area contributed by atoms with Crippen molar-refractivity contribution in [3.8, 4) is 50.2 Å². The van der Waals surface area contributed by atoms with Crippen LogP contribution in [0, 0.1) is 0 Å². The molecule has 0 aliphatic rings. The molecule has 0 atom stereocenters. The largest absolute Gasteiger partial charge is 0.310 e. The summed E-state index contributed by atoms with van der Waals surface area (Å²) in [4.78, 5) is 2.47. The van der Waals surface area contributed by atoms with E-state index in [0.29, 0.717) is 0 Å². The van der Waals surface area contributed by atoms with Gasteiger partial charge in [-0.3, -0.25) is 0 Å². The van der Waals surface area contributed by atoms with Crippen molar-refractivity contribution in [1.82, 2.24) is 4.57 Å². The molecule has 0 fully saturated rings. The molecule has 296 valence electrons. The maximum atomic E-state index is 2.47. The van der Waals surface area contributed by atoms with Gasteiger partial charge in [-0.15, -0.1) is 11.3 Å². The van der Waals surface area contributed by atoms with Gasteiger partial charge < -0.3 is 9.47 Å². The summed E-state index contributed by atoms with van der Waals surface area (Å²) in [5.41, 5.74) is 16.4. The minimum absolute atomic E-state index is 1.08. The highest BCUT2D eigenvalue weighted by Gasteiger charge is 2.24. The zero-order valence-corrected chi connectivity index (χ0v) is 35.2. The Hall–Kier alpha value is -7.98. The number of benzene rings is 10. The first kappa shape index (κ1) is 36.8. The van der Waals surface area contributed by atoms with Crippen LogP contribution in [0.4, 0.5) is 17.1 Å². The van der Waals surface area contributed by atoms with Crippen molar-refractivity contribution in [3.05, 3.63) is 243 Å². The van der Waals surface area contributed by atoms with Crippen LogP contribution < -0.4 is 4.90 Å². The van der Waals surface area contributed by atoms with Gasteiger partial charge in [0.25, 0.3) is 0 Å². The number of hydrogen-bond donors (Lipinski definition) is 0. The maximum Gasteiger partial charge on any atom is 0.0547 e. The highest BCUT2D eigenvalue weighted by Crippen LogP contribution is 2.49. The molecule has 2 heterocycles. The minimum Gasteiger partial charge on any atom is -0.310 e. The lowest BCUT2D eigenvalue weighted by molar-refractivity contribution is 1.18. The van der Waals surface area contributed by atoms with Gasteiger partial charge in [-0.25, -0.2) is 0 Å². The molecule has 2 nitrogen and oxygen atoms in total. The Kier molecular flexibility index (Phi) is 9.06. The lowest BCUT2D eigenvalue weighted by Crippen LogP contribution is -2.12. The summed E-state index contributed by atoms with van der Waals surface area (Å²) in [6.07, 6.45) is 0. The van der Waals surface area contributed by atoms with Gasteiger partial charge in [-0.1, -0.05) is 182 Å². The molecule has 0 unspecified atom stereocenters. The summed E-state index contributed by atoms with van der Waals surface area (Å²) in [6.45, 7) is 0. The lowest BCUT2D eigenvalue weighted by Gasteiger charge is -2.30. The normalized spacial score (nSPS) is 11.5. The molecule has 0 amide bonds. The van der Waals surface area contributed by atoms with Crippen molar-refractivity contribution in [2.45, 2.75) is 0 Å². The number of thiophene rings is 1. The van der Waals surface area contributed by atoms with Crippen LogP contribution in [0.2, 0.25) is 0 Å². The van der Waals surface area contributed by atoms with Gasteiger partial charge in [-0.2, -0.15) is 0 Å². The topological polar surface area (TPSA) is 8.17 Å². The second-order valence-electron chi connectivity index (χ2n) is 16.0. The third-order valence-electron chi connectivity index (χ3n) is 12.4. The van der Waals surface area contributed by atoms with E-state index >= 15 is 0 Å². The summed E-state index contributed by atoms with van der Waals surface area (Å²) >= 11 is 1.86. The van der Waals surface area contributed by atoms with Crippen molar-refractivity contribution in [2.75, 3.05) is 4.90 Å². The maximum absolute atomic E-state index is 2.47. The monoisotopic (exact) mass is 820 g/mol. The molecular formula is C60H40N2S. The van der Waals surface area contributed by atoms with Crippen LogP contribution in [-0.2, 0) is 0 Å². The van der Waals surface area contributed by atoms with Crippen LogP contribution in [0.15, 0.2) is 243 Å². The Morgan fingerprint density at radius 2 is 0.873 bits per heavy atom. The van der Waals surface area contributed by atoms with Gasteiger partial charge in [0.2, 0.25) is 0 Å². The van der Waals surface area contributed by atoms with Crippen LogP contribution in [0.25, 0.3) is 92.2 Å². The molecule has 0 aliphatic carbocycles. The quantitative estimate of drug-likeness (QED) is 0.148. The first-order valence-electron chi connectivity index (χ1n) is 21.5. The van der Waals surface area contributed by atoms with E-state index in [2.05, 4.69) is 252 Å².